The third-order valence-electron chi connectivity index (χ3n) is 0.248. The van der Waals surface area contributed by atoms with Gasteiger partial charge in [0.2, 0.25) is 0 Å². The highest BCUT2D eigenvalue weighted by molar-refractivity contribution is 5.37. The van der Waals surface area contributed by atoms with Gasteiger partial charge in [-0.15, -0.1) is 0 Å². The molecular weight excluding hydrogens is 80.0 g/mol. The van der Waals surface area contributed by atoms with Crippen molar-refractivity contribution >= 4 is 6.47 Å². The van der Waals surface area contributed by atoms with E-state index in [0.717, 1.165) is 0 Å². The lowest BCUT2D eigenvalue weighted by atomic mass is 10.5. The molecule has 6 heavy (non-hydrogen) atoms. The van der Waals surface area contributed by atoms with Crippen molar-refractivity contribution in [2.75, 3.05) is 0 Å². The van der Waals surface area contributed by atoms with Crippen LogP contribution in [-0.2, 0) is 9.53 Å². The van der Waals surface area contributed by atoms with Crippen molar-refractivity contribution < 1.29 is 9.53 Å². The maximum atomic E-state index is 9.31. The van der Waals surface area contributed by atoms with E-state index in [0.29, 0.717) is 6.47 Å². The van der Waals surface area contributed by atoms with Crippen molar-refractivity contribution in [2.45, 2.75) is 6.10 Å². The van der Waals surface area contributed by atoms with Crippen LogP contribution in [0.25, 0.3) is 0 Å². The second-order valence-electron chi connectivity index (χ2n) is 0.854. The first kappa shape index (κ1) is 5.47. The molecule has 0 fully saturated rings. The fourth-order valence-corrected chi connectivity index (χ4v) is 0.0786. The third kappa shape index (κ3) is 3.47. The van der Waals surface area contributed by atoms with E-state index in [4.69, 9.17) is 0 Å². The van der Waals surface area contributed by atoms with Crippen molar-refractivity contribution in [2.24, 2.45) is 0 Å². The Balaban J connectivity index is 2.81. The normalized spacial score (nSPS) is 8.50. The van der Waals surface area contributed by atoms with Gasteiger partial charge in [0, 0.05) is 0 Å². The Morgan fingerprint density at radius 3 is 2.17 bits per heavy atom. The summed E-state index contributed by atoms with van der Waals surface area (Å²) in [5.74, 6) is 0. The zero-order valence-electron chi connectivity index (χ0n) is 3.39. The zero-order chi connectivity index (χ0) is 4.99. The van der Waals surface area contributed by atoms with E-state index in [-0.39, 0.29) is 0 Å². The van der Waals surface area contributed by atoms with E-state index in [1.54, 1.807) is 0 Å². The molecule has 0 spiro atoms. The van der Waals surface area contributed by atoms with Gasteiger partial charge in [0.15, 0.2) is 0 Å². The molecule has 34 valence electrons. The summed E-state index contributed by atoms with van der Waals surface area (Å²) in [6.45, 7) is 6.85. The van der Waals surface area contributed by atoms with Gasteiger partial charge in [-0.25, -0.2) is 0 Å². The van der Waals surface area contributed by atoms with Crippen LogP contribution in [0.4, 0.5) is 0 Å². The summed E-state index contributed by atoms with van der Waals surface area (Å²) in [5.41, 5.74) is 0. The molecule has 0 aliphatic rings. The maximum Gasteiger partial charge on any atom is 0.293 e. The number of carbonyl (C=O) groups is 1. The molecule has 0 bridgehead atoms. The van der Waals surface area contributed by atoms with Gasteiger partial charge in [0.25, 0.3) is 6.47 Å². The van der Waals surface area contributed by atoms with Crippen molar-refractivity contribution in [3.05, 3.63) is 13.8 Å². The van der Waals surface area contributed by atoms with Crippen LogP contribution >= 0.6 is 0 Å². The molecule has 2 heteroatoms. The van der Waals surface area contributed by atoms with E-state index in [1.165, 1.54) is 0 Å². The van der Waals surface area contributed by atoms with Crippen LogP contribution in [0, 0.1) is 13.8 Å². The fourth-order valence-electron chi connectivity index (χ4n) is 0.0786. The molecule has 0 unspecified atom stereocenters. The SMILES string of the molecule is [CH2]C([CH2])OC=O. The van der Waals surface area contributed by atoms with Gasteiger partial charge in [-0.2, -0.15) is 0 Å². The Kier molecular flexibility index (Phi) is 2.46. The third-order valence-corrected chi connectivity index (χ3v) is 0.248. The van der Waals surface area contributed by atoms with E-state index in [1.807, 2.05) is 0 Å². The lowest BCUT2D eigenvalue weighted by Crippen LogP contribution is -1.99. The Morgan fingerprint density at radius 1 is 1.67 bits per heavy atom. The minimum atomic E-state index is -0.470. The highest BCUT2D eigenvalue weighted by atomic mass is 16.5. The standard InChI is InChI=1S/C4H6O2/c1-4(2)6-3-5/h3-4H,1-2H2. The van der Waals surface area contributed by atoms with E-state index in [9.17, 15) is 4.79 Å². The summed E-state index contributed by atoms with van der Waals surface area (Å²) >= 11 is 0. The van der Waals surface area contributed by atoms with Crippen LogP contribution < -0.4 is 0 Å². The predicted octanol–water partition coefficient (Wildman–Crippen LogP) is 0.196. The molecule has 0 saturated heterocycles. The van der Waals surface area contributed by atoms with Gasteiger partial charge in [0.1, 0.15) is 6.10 Å². The lowest BCUT2D eigenvalue weighted by molar-refractivity contribution is -0.130. The summed E-state index contributed by atoms with van der Waals surface area (Å²) in [6, 6.07) is 0. The van der Waals surface area contributed by atoms with Crippen molar-refractivity contribution in [3.63, 3.8) is 0 Å². The second kappa shape index (κ2) is 2.69. The quantitative estimate of drug-likeness (QED) is 0.448. The van der Waals surface area contributed by atoms with Gasteiger partial charge in [0.05, 0.1) is 0 Å². The second-order valence-corrected chi connectivity index (χ2v) is 0.854. The number of rotatable bonds is 2. The van der Waals surface area contributed by atoms with E-state index in [2.05, 4.69) is 18.6 Å². The van der Waals surface area contributed by atoms with Crippen LogP contribution in [0.3, 0.4) is 0 Å². The van der Waals surface area contributed by atoms with Crippen molar-refractivity contribution in [3.8, 4) is 0 Å². The van der Waals surface area contributed by atoms with Crippen molar-refractivity contribution in [1.82, 2.24) is 0 Å². The minimum Gasteiger partial charge on any atom is -0.465 e. The smallest absolute Gasteiger partial charge is 0.293 e. The highest BCUT2D eigenvalue weighted by Crippen LogP contribution is 1.77. The summed E-state index contributed by atoms with van der Waals surface area (Å²) in [4.78, 5) is 9.31. The molecular formula is C4H6O2. The van der Waals surface area contributed by atoms with Crippen molar-refractivity contribution in [1.29, 1.82) is 0 Å². The maximum absolute atomic E-state index is 9.31. The topological polar surface area (TPSA) is 26.3 Å². The molecule has 0 aromatic carbocycles. The molecule has 0 heterocycles. The van der Waals surface area contributed by atoms with Gasteiger partial charge in [-0.05, 0) is 13.8 Å². The number of hydrogen-bond acceptors (Lipinski definition) is 2. The van der Waals surface area contributed by atoms with E-state index < -0.39 is 6.10 Å². The first-order valence-electron chi connectivity index (χ1n) is 1.52. The molecule has 0 aromatic heterocycles. The molecule has 0 N–H and O–H groups in total. The minimum absolute atomic E-state index is 0.324. The van der Waals surface area contributed by atoms with Gasteiger partial charge in [-0.3, -0.25) is 4.79 Å². The number of hydrogen-bond donors (Lipinski definition) is 0. The largest absolute Gasteiger partial charge is 0.465 e. The summed E-state index contributed by atoms with van der Waals surface area (Å²) in [5, 5.41) is 0. The first-order valence-corrected chi connectivity index (χ1v) is 1.52. The van der Waals surface area contributed by atoms with Crippen LogP contribution in [-0.4, -0.2) is 12.6 Å². The van der Waals surface area contributed by atoms with E-state index >= 15 is 0 Å². The molecule has 0 aromatic rings. The lowest BCUT2D eigenvalue weighted by Gasteiger charge is -1.95. The molecule has 0 atom stereocenters. The summed E-state index contributed by atoms with van der Waals surface area (Å²) in [7, 11) is 0. The van der Waals surface area contributed by atoms with Gasteiger partial charge >= 0.3 is 0 Å². The molecule has 0 rings (SSSR count). The van der Waals surface area contributed by atoms with Crippen LogP contribution in [0.2, 0.25) is 0 Å². The Labute approximate surface area is 37.1 Å². The average Bonchev–Trinajstić information content (AvgIpc) is 1.35. The molecule has 0 aliphatic heterocycles. The number of ether oxygens (including phenoxy) is 1. The molecule has 2 nitrogen and oxygen atoms in total. The molecule has 0 saturated carbocycles. The summed E-state index contributed by atoms with van der Waals surface area (Å²) < 4.78 is 4.14. The summed E-state index contributed by atoms with van der Waals surface area (Å²) in [6.07, 6.45) is -0.470. The number of carbonyl (C=O) groups excluding carboxylic acids is 1. The van der Waals surface area contributed by atoms with Gasteiger partial charge < -0.3 is 4.74 Å². The van der Waals surface area contributed by atoms with Gasteiger partial charge in [-0.1, -0.05) is 0 Å². The van der Waals surface area contributed by atoms with Crippen LogP contribution in [0.5, 0.6) is 0 Å². The van der Waals surface area contributed by atoms with Crippen LogP contribution in [0.1, 0.15) is 0 Å². The molecule has 0 aliphatic carbocycles. The Bertz CT molecular complexity index is 40.8. The highest BCUT2D eigenvalue weighted by Gasteiger charge is 1.84. The Morgan fingerprint density at radius 2 is 2.17 bits per heavy atom. The first-order chi connectivity index (χ1) is 2.77. The van der Waals surface area contributed by atoms with Crippen LogP contribution in [0.15, 0.2) is 0 Å². The molecule has 0 amide bonds. The molecule has 2 radical (unpaired) electrons. The predicted molar refractivity (Wildman–Crippen MR) is 21.7 cm³/mol. The average molecular weight is 86.1 g/mol. The zero-order valence-corrected chi connectivity index (χ0v) is 3.39. The fraction of sp³-hybridized carbons (Fsp3) is 0.250. The monoisotopic (exact) mass is 86.0 g/mol. The Hall–Kier alpha value is -0.530.